The number of amides is 3. The Morgan fingerprint density at radius 2 is 1.56 bits per heavy atom. The Morgan fingerprint density at radius 3 is 2.04 bits per heavy atom. The molecule has 0 aromatic heterocycles. The predicted molar refractivity (Wildman–Crippen MR) is 89.8 cm³/mol. The van der Waals surface area contributed by atoms with Gasteiger partial charge in [0, 0.05) is 6.04 Å². The van der Waals surface area contributed by atoms with E-state index in [0.29, 0.717) is 0 Å². The molecule has 1 aromatic rings. The number of benzene rings is 1. The maximum atomic E-state index is 12.3. The van der Waals surface area contributed by atoms with Crippen molar-refractivity contribution in [3.05, 3.63) is 35.4 Å². The number of carbonyl (C=O) groups excluding carboxylic acids is 4. The monoisotopic (exact) mass is 346 g/mol. The molecule has 1 heterocycles. The van der Waals surface area contributed by atoms with Gasteiger partial charge in [-0.2, -0.15) is 0 Å². The Kier molecular flexibility index (Phi) is 5.56. The van der Waals surface area contributed by atoms with Crippen molar-refractivity contribution < 1.29 is 23.9 Å². The Hall–Kier alpha value is -2.70. The van der Waals surface area contributed by atoms with Crippen LogP contribution in [0.4, 0.5) is 0 Å². The minimum atomic E-state index is -1.11. The molecule has 7 nitrogen and oxygen atoms in total. The summed E-state index contributed by atoms with van der Waals surface area (Å²) in [5, 5.41) is 2.71. The summed E-state index contributed by atoms with van der Waals surface area (Å²) in [6.45, 7) is 6.72. The van der Waals surface area contributed by atoms with Crippen LogP contribution in [-0.2, 0) is 14.3 Å². The van der Waals surface area contributed by atoms with E-state index in [-0.39, 0.29) is 23.1 Å². The first-order valence-corrected chi connectivity index (χ1v) is 8.17. The summed E-state index contributed by atoms with van der Waals surface area (Å²) in [5.74, 6) is -2.06. The van der Waals surface area contributed by atoms with Crippen LogP contribution in [0.1, 0.15) is 48.4 Å². The van der Waals surface area contributed by atoms with E-state index in [0.717, 1.165) is 4.90 Å². The standard InChI is InChI=1S/C18H22N2O5/c1-10(2)11(3)19-15(21)9-25-18(24)12(4)20-16(22)13-7-5-6-8-14(13)17(20)23/h5-8,10-12H,9H2,1-4H3,(H,19,21)/t11-,12+/m1/s1. The molecule has 1 N–H and O–H groups in total. The average Bonchev–Trinajstić information content (AvgIpc) is 2.83. The molecule has 134 valence electrons. The highest BCUT2D eigenvalue weighted by Crippen LogP contribution is 2.24. The van der Waals surface area contributed by atoms with Crippen molar-refractivity contribution >= 4 is 23.7 Å². The normalized spacial score (nSPS) is 15.8. The lowest BCUT2D eigenvalue weighted by Crippen LogP contribution is -2.45. The lowest BCUT2D eigenvalue weighted by molar-refractivity contribution is -0.152. The fourth-order valence-corrected chi connectivity index (χ4v) is 2.38. The molecule has 0 aliphatic carbocycles. The number of imide groups is 1. The summed E-state index contributed by atoms with van der Waals surface area (Å²) in [6, 6.07) is 5.21. The van der Waals surface area contributed by atoms with Gasteiger partial charge in [-0.25, -0.2) is 4.79 Å². The Bertz CT molecular complexity index is 678. The van der Waals surface area contributed by atoms with E-state index >= 15 is 0 Å². The van der Waals surface area contributed by atoms with Crippen molar-refractivity contribution in [1.82, 2.24) is 10.2 Å². The Morgan fingerprint density at radius 1 is 1.04 bits per heavy atom. The molecule has 0 saturated carbocycles. The second-order valence-corrected chi connectivity index (χ2v) is 6.41. The molecular formula is C18H22N2O5. The quantitative estimate of drug-likeness (QED) is 0.620. The molecule has 2 rings (SSSR count). The van der Waals surface area contributed by atoms with E-state index in [4.69, 9.17) is 4.74 Å². The second kappa shape index (κ2) is 7.46. The van der Waals surface area contributed by atoms with Gasteiger partial charge in [0.1, 0.15) is 6.04 Å². The molecule has 0 bridgehead atoms. The summed E-state index contributed by atoms with van der Waals surface area (Å²) >= 11 is 0. The largest absolute Gasteiger partial charge is 0.454 e. The highest BCUT2D eigenvalue weighted by atomic mass is 16.5. The Balaban J connectivity index is 1.96. The maximum Gasteiger partial charge on any atom is 0.329 e. The van der Waals surface area contributed by atoms with E-state index in [2.05, 4.69) is 5.32 Å². The van der Waals surface area contributed by atoms with Crippen molar-refractivity contribution in [2.24, 2.45) is 5.92 Å². The number of fused-ring (bicyclic) bond motifs is 1. The zero-order valence-electron chi connectivity index (χ0n) is 14.7. The number of hydrogen-bond donors (Lipinski definition) is 1. The van der Waals surface area contributed by atoms with Gasteiger partial charge in [-0.3, -0.25) is 19.3 Å². The molecule has 1 aliphatic rings. The van der Waals surface area contributed by atoms with Gasteiger partial charge in [-0.15, -0.1) is 0 Å². The number of rotatable bonds is 6. The summed E-state index contributed by atoms with van der Waals surface area (Å²) in [4.78, 5) is 49.4. The van der Waals surface area contributed by atoms with E-state index in [1.165, 1.54) is 19.1 Å². The third-order valence-corrected chi connectivity index (χ3v) is 4.29. The van der Waals surface area contributed by atoms with Gasteiger partial charge in [-0.1, -0.05) is 26.0 Å². The molecular weight excluding hydrogens is 324 g/mol. The molecule has 0 saturated heterocycles. The molecule has 2 atom stereocenters. The zero-order valence-corrected chi connectivity index (χ0v) is 14.7. The van der Waals surface area contributed by atoms with Gasteiger partial charge >= 0.3 is 5.97 Å². The third-order valence-electron chi connectivity index (χ3n) is 4.29. The summed E-state index contributed by atoms with van der Waals surface area (Å²) in [7, 11) is 0. The van der Waals surface area contributed by atoms with Gasteiger partial charge in [0.15, 0.2) is 6.61 Å². The topological polar surface area (TPSA) is 92.8 Å². The van der Waals surface area contributed by atoms with Crippen molar-refractivity contribution in [2.75, 3.05) is 6.61 Å². The molecule has 0 spiro atoms. The summed E-state index contributed by atoms with van der Waals surface area (Å²) in [5.41, 5.74) is 0.520. The van der Waals surface area contributed by atoms with Gasteiger partial charge in [-0.05, 0) is 31.9 Å². The van der Waals surface area contributed by atoms with Crippen LogP contribution in [0.5, 0.6) is 0 Å². The lowest BCUT2D eigenvalue weighted by atomic mass is 10.1. The van der Waals surface area contributed by atoms with Crippen LogP contribution in [-0.4, -0.2) is 47.3 Å². The molecule has 25 heavy (non-hydrogen) atoms. The smallest absolute Gasteiger partial charge is 0.329 e. The highest BCUT2D eigenvalue weighted by Gasteiger charge is 2.41. The number of nitrogens with zero attached hydrogens (tertiary/aromatic N) is 1. The van der Waals surface area contributed by atoms with Gasteiger partial charge < -0.3 is 10.1 Å². The van der Waals surface area contributed by atoms with Crippen LogP contribution in [0.15, 0.2) is 24.3 Å². The maximum absolute atomic E-state index is 12.3. The van der Waals surface area contributed by atoms with Gasteiger partial charge in [0.05, 0.1) is 11.1 Å². The second-order valence-electron chi connectivity index (χ2n) is 6.41. The van der Waals surface area contributed by atoms with Crippen LogP contribution in [0.3, 0.4) is 0 Å². The Labute approximate surface area is 146 Å². The van der Waals surface area contributed by atoms with Gasteiger partial charge in [0.25, 0.3) is 17.7 Å². The number of esters is 1. The van der Waals surface area contributed by atoms with Crippen LogP contribution in [0.2, 0.25) is 0 Å². The van der Waals surface area contributed by atoms with Gasteiger partial charge in [0.2, 0.25) is 0 Å². The fourth-order valence-electron chi connectivity index (χ4n) is 2.38. The first-order valence-electron chi connectivity index (χ1n) is 8.17. The number of ether oxygens (including phenoxy) is 1. The first-order chi connectivity index (χ1) is 11.7. The fraction of sp³-hybridized carbons (Fsp3) is 0.444. The number of hydrogen-bond acceptors (Lipinski definition) is 5. The van der Waals surface area contributed by atoms with Crippen LogP contribution in [0.25, 0.3) is 0 Å². The average molecular weight is 346 g/mol. The number of carbonyl (C=O) groups is 4. The van der Waals surface area contributed by atoms with Crippen molar-refractivity contribution in [2.45, 2.75) is 39.8 Å². The molecule has 0 radical (unpaired) electrons. The zero-order chi connectivity index (χ0) is 18.7. The lowest BCUT2D eigenvalue weighted by Gasteiger charge is -2.21. The summed E-state index contributed by atoms with van der Waals surface area (Å²) in [6.07, 6.45) is 0. The van der Waals surface area contributed by atoms with Crippen LogP contribution in [0, 0.1) is 5.92 Å². The summed E-state index contributed by atoms with van der Waals surface area (Å²) < 4.78 is 4.96. The van der Waals surface area contributed by atoms with E-state index in [1.807, 2.05) is 20.8 Å². The molecule has 7 heteroatoms. The number of nitrogens with one attached hydrogen (secondary N) is 1. The minimum Gasteiger partial charge on any atom is -0.454 e. The highest BCUT2D eigenvalue weighted by molar-refractivity contribution is 6.22. The van der Waals surface area contributed by atoms with Crippen LogP contribution >= 0.6 is 0 Å². The molecule has 1 aromatic carbocycles. The third kappa shape index (κ3) is 3.87. The minimum absolute atomic E-state index is 0.0557. The van der Waals surface area contributed by atoms with E-state index in [9.17, 15) is 19.2 Å². The molecule has 1 aliphatic heterocycles. The first kappa shape index (κ1) is 18.6. The van der Waals surface area contributed by atoms with E-state index < -0.39 is 36.3 Å². The van der Waals surface area contributed by atoms with Crippen molar-refractivity contribution in [3.8, 4) is 0 Å². The van der Waals surface area contributed by atoms with Crippen LogP contribution < -0.4 is 5.32 Å². The van der Waals surface area contributed by atoms with E-state index in [1.54, 1.807) is 12.1 Å². The molecule has 0 unspecified atom stereocenters. The molecule has 0 fully saturated rings. The van der Waals surface area contributed by atoms with Crippen molar-refractivity contribution in [1.29, 1.82) is 0 Å². The predicted octanol–water partition coefficient (Wildman–Crippen LogP) is 1.37. The van der Waals surface area contributed by atoms with Crippen molar-refractivity contribution in [3.63, 3.8) is 0 Å². The molecule has 3 amide bonds. The SMILES string of the molecule is CC(C)[C@@H](C)NC(=O)COC(=O)[C@H](C)N1C(=O)c2ccccc2C1=O.